The predicted molar refractivity (Wildman–Crippen MR) is 122 cm³/mol. The molecule has 8 nitrogen and oxygen atoms in total. The van der Waals surface area contributed by atoms with Gasteiger partial charge >= 0.3 is 17.1 Å². The summed E-state index contributed by atoms with van der Waals surface area (Å²) in [6.45, 7) is 17.0. The number of hydrogen-bond donors (Lipinski definition) is 4. The molecule has 0 aliphatic carbocycles. The first-order valence-corrected chi connectivity index (χ1v) is 11.8. The van der Waals surface area contributed by atoms with E-state index in [1.165, 1.54) is 0 Å². The van der Waals surface area contributed by atoms with Crippen LogP contribution in [0.1, 0.15) is 40.5 Å². The van der Waals surface area contributed by atoms with Gasteiger partial charge in [0.15, 0.2) is 0 Å². The quantitative estimate of drug-likeness (QED) is 0.340. The van der Waals surface area contributed by atoms with Crippen molar-refractivity contribution in [1.29, 1.82) is 0 Å². The number of aliphatic hydroxyl groups excluding tert-OH is 4. The van der Waals surface area contributed by atoms with E-state index >= 15 is 0 Å². The molecule has 0 amide bonds. The van der Waals surface area contributed by atoms with Gasteiger partial charge in [0.05, 0.1) is 24.4 Å². The van der Waals surface area contributed by atoms with Crippen molar-refractivity contribution in [3.63, 3.8) is 0 Å². The summed E-state index contributed by atoms with van der Waals surface area (Å²) < 4.78 is 0. The molecule has 0 aromatic carbocycles. The first-order chi connectivity index (χ1) is 14.2. The zero-order chi connectivity index (χ0) is 22.5. The maximum Gasteiger partial charge on any atom is 3.00 e. The summed E-state index contributed by atoms with van der Waals surface area (Å²) in [4.78, 5) is 9.25. The van der Waals surface area contributed by atoms with Crippen molar-refractivity contribution in [2.24, 2.45) is 0 Å². The third kappa shape index (κ3) is 16.5. The molecule has 1 aliphatic heterocycles. The average molecular weight is 488 g/mol. The molecule has 4 atom stereocenters. The van der Waals surface area contributed by atoms with Crippen molar-refractivity contribution < 1.29 is 37.5 Å². The van der Waals surface area contributed by atoms with Gasteiger partial charge in [0.1, 0.15) is 0 Å². The number of rotatable bonds is 8. The molecule has 1 heterocycles. The second kappa shape index (κ2) is 17.6. The SMILES string of the molecule is C[C@@H](O)CN1CCCN(C[C@@H](C)O)CCN(C[C@@H](C)O)CCCN(C[C@@H](C)O)CC1.[Fe+3]. The maximum absolute atomic E-state index is 9.89. The minimum atomic E-state index is -0.364. The van der Waals surface area contributed by atoms with Gasteiger partial charge in [0.25, 0.3) is 0 Å². The summed E-state index contributed by atoms with van der Waals surface area (Å²) in [6, 6.07) is 0. The summed E-state index contributed by atoms with van der Waals surface area (Å²) in [5, 5.41) is 39.6. The summed E-state index contributed by atoms with van der Waals surface area (Å²) in [5.74, 6) is 0. The summed E-state index contributed by atoms with van der Waals surface area (Å²) >= 11 is 0. The Kier molecular flexibility index (Phi) is 17.8. The van der Waals surface area contributed by atoms with E-state index in [9.17, 15) is 20.4 Å². The zero-order valence-electron chi connectivity index (χ0n) is 20.1. The van der Waals surface area contributed by atoms with E-state index in [1.807, 2.05) is 27.7 Å². The zero-order valence-corrected chi connectivity index (χ0v) is 21.2. The van der Waals surface area contributed by atoms with Gasteiger partial charge in [0, 0.05) is 52.4 Å². The number of hydrogen-bond acceptors (Lipinski definition) is 8. The number of β-amino-alcohol motifs (C(OH)–C–C–N with tert-alkyl or cyclic N) is 4. The normalized spacial score (nSPS) is 24.0. The molecule has 9 heteroatoms. The Balaban J connectivity index is 0.00000900. The van der Waals surface area contributed by atoms with Gasteiger partial charge in [-0.25, -0.2) is 0 Å². The molecular weight excluding hydrogens is 440 g/mol. The first kappa shape index (κ1) is 31.2. The van der Waals surface area contributed by atoms with E-state index in [0.717, 1.165) is 65.2 Å². The second-order valence-corrected chi connectivity index (χ2v) is 9.31. The smallest absolute Gasteiger partial charge is 0.392 e. The number of nitrogens with zero attached hydrogens (tertiary/aromatic N) is 4. The van der Waals surface area contributed by atoms with E-state index in [4.69, 9.17) is 0 Å². The molecule has 31 heavy (non-hydrogen) atoms. The minimum absolute atomic E-state index is 0. The van der Waals surface area contributed by atoms with Gasteiger partial charge in [0.2, 0.25) is 0 Å². The van der Waals surface area contributed by atoms with Crippen LogP contribution in [0.25, 0.3) is 0 Å². The van der Waals surface area contributed by atoms with Crippen LogP contribution in [0, 0.1) is 0 Å². The van der Waals surface area contributed by atoms with Crippen LogP contribution in [-0.4, -0.2) is 143 Å². The van der Waals surface area contributed by atoms with E-state index in [2.05, 4.69) is 19.6 Å². The van der Waals surface area contributed by atoms with E-state index in [-0.39, 0.29) is 41.5 Å². The molecule has 1 saturated heterocycles. The fourth-order valence-corrected chi connectivity index (χ4v) is 4.27. The molecule has 0 spiro atoms. The Morgan fingerprint density at radius 2 is 0.645 bits per heavy atom. The van der Waals surface area contributed by atoms with Gasteiger partial charge in [-0.1, -0.05) is 0 Å². The van der Waals surface area contributed by atoms with Gasteiger partial charge < -0.3 is 20.4 Å². The van der Waals surface area contributed by atoms with Gasteiger partial charge in [-0.2, -0.15) is 0 Å². The van der Waals surface area contributed by atoms with Crippen molar-refractivity contribution in [2.45, 2.75) is 65.0 Å². The molecule has 185 valence electrons. The summed E-state index contributed by atoms with van der Waals surface area (Å²) in [5.41, 5.74) is 0. The topological polar surface area (TPSA) is 93.9 Å². The summed E-state index contributed by atoms with van der Waals surface area (Å²) in [6.07, 6.45) is 0.500. The van der Waals surface area contributed by atoms with E-state index in [1.54, 1.807) is 0 Å². The molecule has 0 saturated carbocycles. The Morgan fingerprint density at radius 3 is 0.806 bits per heavy atom. The molecule has 0 bridgehead atoms. The molecule has 1 aliphatic rings. The molecule has 4 N–H and O–H groups in total. The monoisotopic (exact) mass is 488 g/mol. The molecular formula is C22H48FeN4O4+3. The average Bonchev–Trinajstić information content (AvgIpc) is 2.60. The molecule has 1 fully saturated rings. The Bertz CT molecular complexity index is 356. The van der Waals surface area contributed by atoms with Gasteiger partial charge in [-0.15, -0.1) is 0 Å². The van der Waals surface area contributed by atoms with Gasteiger partial charge in [-0.3, -0.25) is 19.6 Å². The molecule has 0 aromatic heterocycles. The van der Waals surface area contributed by atoms with Crippen LogP contribution in [0.15, 0.2) is 0 Å². The van der Waals surface area contributed by atoms with Crippen molar-refractivity contribution in [3.8, 4) is 0 Å². The molecule has 1 radical (unpaired) electrons. The third-order valence-electron chi connectivity index (χ3n) is 5.45. The standard InChI is InChI=1S/C22H48N4O4.Fe/c1-19(27)15-23-7-5-8-25(17-21(3)29)13-14-26(18-22(4)30)10-6-9-24(12-11-23)16-20(2)28;/h19-22,27-30H,5-18H2,1-4H3;/q;+3/t19-,20-,21-,22-;/m1./s1. The van der Waals surface area contributed by atoms with Crippen molar-refractivity contribution in [2.75, 3.05) is 78.5 Å². The molecule has 1 rings (SSSR count). The van der Waals surface area contributed by atoms with Crippen molar-refractivity contribution in [1.82, 2.24) is 19.6 Å². The van der Waals surface area contributed by atoms with Crippen LogP contribution in [-0.2, 0) is 17.1 Å². The van der Waals surface area contributed by atoms with Crippen molar-refractivity contribution >= 4 is 0 Å². The first-order valence-electron chi connectivity index (χ1n) is 11.8. The Hall–Kier alpha value is 0.199. The molecule has 0 aromatic rings. The van der Waals surface area contributed by atoms with E-state index < -0.39 is 0 Å². The molecule has 0 unspecified atom stereocenters. The van der Waals surface area contributed by atoms with Crippen LogP contribution in [0.3, 0.4) is 0 Å². The van der Waals surface area contributed by atoms with Crippen LogP contribution in [0.4, 0.5) is 0 Å². The fourth-order valence-electron chi connectivity index (χ4n) is 4.27. The fraction of sp³-hybridized carbons (Fsp3) is 1.00. The van der Waals surface area contributed by atoms with Crippen LogP contribution in [0.5, 0.6) is 0 Å². The minimum Gasteiger partial charge on any atom is -0.392 e. The predicted octanol–water partition coefficient (Wildman–Crippen LogP) is -0.491. The van der Waals surface area contributed by atoms with Crippen molar-refractivity contribution in [3.05, 3.63) is 0 Å². The maximum atomic E-state index is 9.89. The van der Waals surface area contributed by atoms with E-state index in [0.29, 0.717) is 26.2 Å². The summed E-state index contributed by atoms with van der Waals surface area (Å²) in [7, 11) is 0. The largest absolute Gasteiger partial charge is 3.00 e. The van der Waals surface area contributed by atoms with Gasteiger partial charge in [-0.05, 0) is 66.7 Å². The number of aliphatic hydroxyl groups is 4. The van der Waals surface area contributed by atoms with Crippen LogP contribution >= 0.6 is 0 Å². The Morgan fingerprint density at radius 1 is 0.452 bits per heavy atom. The second-order valence-electron chi connectivity index (χ2n) is 9.31. The van der Waals surface area contributed by atoms with Crippen LogP contribution < -0.4 is 0 Å². The third-order valence-corrected chi connectivity index (χ3v) is 5.45. The van der Waals surface area contributed by atoms with Crippen LogP contribution in [0.2, 0.25) is 0 Å². The Labute approximate surface area is 200 Å².